The molecule has 0 aliphatic carbocycles. The minimum absolute atomic E-state index is 0.160. The lowest BCUT2D eigenvalue weighted by atomic mass is 10.1. The average molecular weight is 439 g/mol. The molecule has 1 N–H and O–H groups in total. The molecule has 1 unspecified atom stereocenters. The molecule has 1 atom stereocenters. The highest BCUT2D eigenvalue weighted by atomic mass is 32.2. The molecule has 0 saturated carbocycles. The van der Waals surface area contributed by atoms with E-state index in [1.165, 1.54) is 18.2 Å². The number of nitrogens with zero attached hydrogens (tertiary/aromatic N) is 1. The first-order valence-corrected chi connectivity index (χ1v) is 10.1. The highest BCUT2D eigenvalue weighted by molar-refractivity contribution is 8.26. The normalized spacial score (nSPS) is 16.3. The molecule has 4 rings (SSSR count). The summed E-state index contributed by atoms with van der Waals surface area (Å²) in [5.41, 5.74) is 1.15. The molecule has 150 valence electrons. The van der Waals surface area contributed by atoms with Crippen LogP contribution in [0.4, 0.5) is 4.39 Å². The second-order valence-corrected chi connectivity index (χ2v) is 8.09. The van der Waals surface area contributed by atoms with Crippen LogP contribution in [0.1, 0.15) is 17.4 Å². The van der Waals surface area contributed by atoms with Gasteiger partial charge < -0.3 is 9.52 Å². The van der Waals surface area contributed by atoms with Crippen LogP contribution in [0.5, 0.6) is 0 Å². The molecule has 0 radical (unpaired) electrons. The lowest BCUT2D eigenvalue weighted by Gasteiger charge is -2.23. The van der Waals surface area contributed by atoms with E-state index in [1.54, 1.807) is 54.6 Å². The van der Waals surface area contributed by atoms with E-state index in [2.05, 4.69) is 0 Å². The smallest absolute Gasteiger partial charge is 0.331 e. The molecule has 5 nitrogen and oxygen atoms in total. The highest BCUT2D eigenvalue weighted by Gasteiger charge is 2.41. The number of aliphatic carboxylic acids is 1. The first kappa shape index (κ1) is 20.1. The standard InChI is InChI=1S/C22H14FNO4S2/c23-15-8-6-13(7-9-15)17-11-10-16(28-17)12-18-20(25)24(22(29)30-18)19(21(26)27)14-4-2-1-3-5-14/h1-12,19H,(H,26,27). The topological polar surface area (TPSA) is 70.8 Å². The van der Waals surface area contributed by atoms with E-state index >= 15 is 0 Å². The van der Waals surface area contributed by atoms with Crippen molar-refractivity contribution in [2.75, 3.05) is 0 Å². The van der Waals surface area contributed by atoms with E-state index < -0.39 is 17.9 Å². The molecule has 1 aliphatic heterocycles. The van der Waals surface area contributed by atoms with Gasteiger partial charge in [0.2, 0.25) is 0 Å². The Labute approximate surface area is 180 Å². The Bertz CT molecular complexity index is 1160. The van der Waals surface area contributed by atoms with Gasteiger partial charge in [-0.1, -0.05) is 54.3 Å². The highest BCUT2D eigenvalue weighted by Crippen LogP contribution is 2.38. The number of furan rings is 1. The fourth-order valence-corrected chi connectivity index (χ4v) is 4.36. The first-order chi connectivity index (χ1) is 14.4. The summed E-state index contributed by atoms with van der Waals surface area (Å²) >= 11 is 6.32. The molecule has 0 bridgehead atoms. The van der Waals surface area contributed by atoms with Gasteiger partial charge in [0.25, 0.3) is 5.91 Å². The van der Waals surface area contributed by atoms with E-state index in [9.17, 15) is 19.1 Å². The summed E-state index contributed by atoms with van der Waals surface area (Å²) in [5, 5.41) is 9.72. The number of hydrogen-bond donors (Lipinski definition) is 1. The summed E-state index contributed by atoms with van der Waals surface area (Å²) < 4.78 is 19.0. The predicted molar refractivity (Wildman–Crippen MR) is 116 cm³/mol. The van der Waals surface area contributed by atoms with Gasteiger partial charge in [-0.2, -0.15) is 0 Å². The molecule has 0 spiro atoms. The van der Waals surface area contributed by atoms with Crippen LogP contribution < -0.4 is 0 Å². The number of amides is 1. The Balaban J connectivity index is 1.62. The zero-order valence-electron chi connectivity index (χ0n) is 15.3. The van der Waals surface area contributed by atoms with Crippen molar-refractivity contribution >= 4 is 46.3 Å². The van der Waals surface area contributed by atoms with Crippen LogP contribution in [0, 0.1) is 5.82 Å². The summed E-state index contributed by atoms with van der Waals surface area (Å²) in [5.74, 6) is -1.09. The van der Waals surface area contributed by atoms with Crippen molar-refractivity contribution < 1.29 is 23.5 Å². The van der Waals surface area contributed by atoms with E-state index in [4.69, 9.17) is 16.6 Å². The van der Waals surface area contributed by atoms with Crippen molar-refractivity contribution in [3.05, 3.63) is 88.8 Å². The average Bonchev–Trinajstić information content (AvgIpc) is 3.30. The Morgan fingerprint density at radius 3 is 2.47 bits per heavy atom. The van der Waals surface area contributed by atoms with Gasteiger partial charge in [-0.15, -0.1) is 0 Å². The molecular formula is C22H14FNO4S2. The van der Waals surface area contributed by atoms with E-state index in [-0.39, 0.29) is 15.0 Å². The third-order valence-corrected chi connectivity index (χ3v) is 5.79. The Kier molecular flexibility index (Phi) is 5.52. The zero-order chi connectivity index (χ0) is 21.3. The van der Waals surface area contributed by atoms with E-state index in [1.807, 2.05) is 0 Å². The molecule has 1 fully saturated rings. The van der Waals surface area contributed by atoms with Crippen LogP contribution in [0.3, 0.4) is 0 Å². The Hall–Kier alpha value is -3.23. The van der Waals surface area contributed by atoms with Gasteiger partial charge in [0.1, 0.15) is 21.7 Å². The third kappa shape index (κ3) is 3.92. The fourth-order valence-electron chi connectivity index (χ4n) is 3.07. The van der Waals surface area contributed by atoms with Crippen LogP contribution in [-0.4, -0.2) is 26.2 Å². The second kappa shape index (κ2) is 8.25. The Morgan fingerprint density at radius 1 is 1.10 bits per heavy atom. The number of rotatable bonds is 5. The number of halogens is 1. The summed E-state index contributed by atoms with van der Waals surface area (Å²) in [4.78, 5) is 26.2. The molecule has 8 heteroatoms. The number of carbonyl (C=O) groups excluding carboxylic acids is 1. The fraction of sp³-hybridized carbons (Fsp3) is 0.0455. The van der Waals surface area contributed by atoms with Gasteiger partial charge in [-0.3, -0.25) is 9.69 Å². The minimum atomic E-state index is -1.21. The second-order valence-electron chi connectivity index (χ2n) is 6.41. The number of thiocarbonyl (C=S) groups is 1. The predicted octanol–water partition coefficient (Wildman–Crippen LogP) is 5.11. The largest absolute Gasteiger partial charge is 0.479 e. The van der Waals surface area contributed by atoms with Crippen molar-refractivity contribution in [2.24, 2.45) is 0 Å². The van der Waals surface area contributed by atoms with Crippen molar-refractivity contribution in [2.45, 2.75) is 6.04 Å². The molecule has 2 aromatic carbocycles. The van der Waals surface area contributed by atoms with Gasteiger partial charge in [-0.25, -0.2) is 9.18 Å². The minimum Gasteiger partial charge on any atom is -0.479 e. The maximum atomic E-state index is 13.1. The molecule has 1 aromatic heterocycles. The molecule has 3 aromatic rings. The Morgan fingerprint density at radius 2 is 1.80 bits per heavy atom. The van der Waals surface area contributed by atoms with Gasteiger partial charge in [0, 0.05) is 11.6 Å². The molecule has 30 heavy (non-hydrogen) atoms. The summed E-state index contributed by atoms with van der Waals surface area (Å²) in [6.07, 6.45) is 1.52. The van der Waals surface area contributed by atoms with Crippen LogP contribution in [0.15, 0.2) is 76.1 Å². The van der Waals surface area contributed by atoms with Gasteiger partial charge in [0.15, 0.2) is 6.04 Å². The third-order valence-electron chi connectivity index (χ3n) is 4.46. The SMILES string of the molecule is O=C(O)C(c1ccccc1)N1C(=O)C(=Cc2ccc(-c3ccc(F)cc3)o2)SC1=S. The quantitative estimate of drug-likeness (QED) is 0.440. The van der Waals surface area contributed by atoms with Crippen molar-refractivity contribution in [1.29, 1.82) is 0 Å². The van der Waals surface area contributed by atoms with Crippen molar-refractivity contribution in [1.82, 2.24) is 4.90 Å². The van der Waals surface area contributed by atoms with Gasteiger partial charge in [0.05, 0.1) is 4.91 Å². The van der Waals surface area contributed by atoms with Crippen LogP contribution >= 0.6 is 24.0 Å². The number of benzene rings is 2. The first-order valence-electron chi connectivity index (χ1n) is 8.84. The molecule has 1 aliphatic rings. The zero-order valence-corrected chi connectivity index (χ0v) is 17.0. The van der Waals surface area contributed by atoms with Crippen LogP contribution in [0.25, 0.3) is 17.4 Å². The van der Waals surface area contributed by atoms with Gasteiger partial charge in [-0.05, 0) is 42.0 Å². The van der Waals surface area contributed by atoms with Gasteiger partial charge >= 0.3 is 5.97 Å². The van der Waals surface area contributed by atoms with Crippen LogP contribution in [-0.2, 0) is 9.59 Å². The van der Waals surface area contributed by atoms with Crippen molar-refractivity contribution in [3.63, 3.8) is 0 Å². The summed E-state index contributed by atoms with van der Waals surface area (Å²) in [6.45, 7) is 0. The van der Waals surface area contributed by atoms with E-state index in [0.717, 1.165) is 16.7 Å². The van der Waals surface area contributed by atoms with Crippen LogP contribution in [0.2, 0.25) is 0 Å². The number of carboxylic acid groups (broad SMARTS) is 1. The number of thioether (sulfide) groups is 1. The molecular weight excluding hydrogens is 425 g/mol. The number of carbonyl (C=O) groups is 2. The monoisotopic (exact) mass is 439 g/mol. The number of carboxylic acids is 1. The summed E-state index contributed by atoms with van der Waals surface area (Å²) in [6, 6.07) is 16.5. The lowest BCUT2D eigenvalue weighted by molar-refractivity contribution is -0.145. The molecule has 1 amide bonds. The maximum Gasteiger partial charge on any atom is 0.331 e. The molecule has 2 heterocycles. The van der Waals surface area contributed by atoms with Crippen molar-refractivity contribution in [3.8, 4) is 11.3 Å². The van der Waals surface area contributed by atoms with E-state index in [0.29, 0.717) is 22.6 Å². The lowest BCUT2D eigenvalue weighted by Crippen LogP contribution is -2.37. The molecule has 1 saturated heterocycles. The number of hydrogen-bond acceptors (Lipinski definition) is 5. The maximum absolute atomic E-state index is 13.1. The summed E-state index contributed by atoms with van der Waals surface area (Å²) in [7, 11) is 0.